The number of nitrogens with one attached hydrogen (secondary N) is 1. The summed E-state index contributed by atoms with van der Waals surface area (Å²) >= 11 is 0. The minimum atomic E-state index is -4.60. The molecule has 1 amide bonds. The van der Waals surface area contributed by atoms with Gasteiger partial charge >= 0.3 is 6.18 Å². The molecule has 0 aliphatic carbocycles. The highest BCUT2D eigenvalue weighted by atomic mass is 19.4. The standard InChI is InChI=1S/C21H23F3N6O/c1-12(2)15-9-13(6-7-25-15)16-10-17-14(5-4-8-30(17)27-16)26-20(31)18-11-19(21(22,23)24)28-29(18)3/h6-7,9-12,14H,4-5,8H2,1-3H3,(H,26,31)/t14-/m0/s1. The van der Waals surface area contributed by atoms with Crippen LogP contribution in [0.4, 0.5) is 13.2 Å². The third kappa shape index (κ3) is 4.19. The van der Waals surface area contributed by atoms with Gasteiger partial charge in [0.2, 0.25) is 0 Å². The molecule has 7 nitrogen and oxygen atoms in total. The van der Waals surface area contributed by atoms with E-state index in [-0.39, 0.29) is 17.7 Å². The zero-order valence-corrected chi connectivity index (χ0v) is 17.4. The largest absolute Gasteiger partial charge is 0.435 e. The molecule has 0 fully saturated rings. The predicted octanol–water partition coefficient (Wildman–Crippen LogP) is 4.09. The van der Waals surface area contributed by atoms with Crippen LogP contribution in [-0.4, -0.2) is 30.5 Å². The Hall–Kier alpha value is -3.17. The smallest absolute Gasteiger partial charge is 0.342 e. The average molecular weight is 432 g/mol. The maximum Gasteiger partial charge on any atom is 0.435 e. The van der Waals surface area contributed by atoms with Crippen molar-refractivity contribution >= 4 is 5.91 Å². The van der Waals surface area contributed by atoms with Crippen LogP contribution in [0.1, 0.15) is 66.2 Å². The quantitative estimate of drug-likeness (QED) is 0.674. The fourth-order valence-electron chi connectivity index (χ4n) is 3.74. The minimum absolute atomic E-state index is 0.139. The van der Waals surface area contributed by atoms with E-state index in [1.165, 1.54) is 7.05 Å². The van der Waals surface area contributed by atoms with Crippen LogP contribution in [0.5, 0.6) is 0 Å². The van der Waals surface area contributed by atoms with E-state index in [0.717, 1.165) is 39.8 Å². The van der Waals surface area contributed by atoms with Gasteiger partial charge in [0.1, 0.15) is 5.69 Å². The summed E-state index contributed by atoms with van der Waals surface area (Å²) < 4.78 is 41.6. The number of alkyl halides is 3. The molecule has 4 rings (SSSR count). The summed E-state index contributed by atoms with van der Waals surface area (Å²) in [5.74, 6) is -0.317. The first-order chi connectivity index (χ1) is 14.6. The Morgan fingerprint density at radius 2 is 2.00 bits per heavy atom. The second-order valence-electron chi connectivity index (χ2n) is 8.01. The lowest BCUT2D eigenvalue weighted by Crippen LogP contribution is -2.33. The van der Waals surface area contributed by atoms with Crippen molar-refractivity contribution in [3.05, 3.63) is 53.2 Å². The second-order valence-corrected chi connectivity index (χ2v) is 8.01. The molecule has 3 aromatic heterocycles. The highest BCUT2D eigenvalue weighted by Crippen LogP contribution is 2.31. The zero-order chi connectivity index (χ0) is 22.3. The van der Waals surface area contributed by atoms with Crippen LogP contribution in [0, 0.1) is 0 Å². The number of carbonyl (C=O) groups excluding carboxylic acids is 1. The summed E-state index contributed by atoms with van der Waals surface area (Å²) in [6.07, 6.45) is -1.38. The van der Waals surface area contributed by atoms with Gasteiger partial charge in [-0.1, -0.05) is 13.8 Å². The van der Waals surface area contributed by atoms with E-state index in [1.807, 2.05) is 22.9 Å². The molecule has 1 aliphatic heterocycles. The molecule has 1 atom stereocenters. The first-order valence-electron chi connectivity index (χ1n) is 10.1. The molecule has 0 spiro atoms. The molecule has 3 aromatic rings. The lowest BCUT2D eigenvalue weighted by Gasteiger charge is -2.24. The van der Waals surface area contributed by atoms with E-state index in [2.05, 4.69) is 34.3 Å². The number of halogens is 3. The van der Waals surface area contributed by atoms with Crippen molar-refractivity contribution in [3.63, 3.8) is 0 Å². The van der Waals surface area contributed by atoms with E-state index in [9.17, 15) is 18.0 Å². The molecular weight excluding hydrogens is 409 g/mol. The Bertz CT molecular complexity index is 1110. The third-order valence-electron chi connectivity index (χ3n) is 5.41. The van der Waals surface area contributed by atoms with Crippen LogP contribution >= 0.6 is 0 Å². The molecule has 164 valence electrons. The van der Waals surface area contributed by atoms with Gasteiger partial charge in [0.05, 0.1) is 17.4 Å². The van der Waals surface area contributed by atoms with Crippen molar-refractivity contribution < 1.29 is 18.0 Å². The van der Waals surface area contributed by atoms with E-state index >= 15 is 0 Å². The van der Waals surface area contributed by atoms with Crippen LogP contribution in [0.25, 0.3) is 11.3 Å². The number of amides is 1. The van der Waals surface area contributed by atoms with Gasteiger partial charge < -0.3 is 5.32 Å². The number of fused-ring (bicyclic) bond motifs is 1. The third-order valence-corrected chi connectivity index (χ3v) is 5.41. The number of carbonyl (C=O) groups is 1. The lowest BCUT2D eigenvalue weighted by atomic mass is 10.0. The summed E-state index contributed by atoms with van der Waals surface area (Å²) in [5, 5.41) is 10.9. The van der Waals surface area contributed by atoms with Gasteiger partial charge in [0.25, 0.3) is 5.91 Å². The molecule has 1 aliphatic rings. The van der Waals surface area contributed by atoms with Crippen molar-refractivity contribution in [2.24, 2.45) is 7.05 Å². The maximum absolute atomic E-state index is 12.9. The molecule has 0 unspecified atom stereocenters. The van der Waals surface area contributed by atoms with E-state index < -0.39 is 17.8 Å². The number of hydrogen-bond donors (Lipinski definition) is 1. The fraction of sp³-hybridized carbons (Fsp3) is 0.429. The van der Waals surface area contributed by atoms with Crippen molar-refractivity contribution in [1.82, 2.24) is 29.9 Å². The van der Waals surface area contributed by atoms with Gasteiger partial charge in [-0.05, 0) is 37.0 Å². The highest BCUT2D eigenvalue weighted by Gasteiger charge is 2.36. The number of hydrogen-bond acceptors (Lipinski definition) is 4. The van der Waals surface area contributed by atoms with Crippen LogP contribution in [0.2, 0.25) is 0 Å². The van der Waals surface area contributed by atoms with Gasteiger partial charge in [-0.15, -0.1) is 0 Å². The summed E-state index contributed by atoms with van der Waals surface area (Å²) in [4.78, 5) is 17.1. The summed E-state index contributed by atoms with van der Waals surface area (Å²) in [6, 6.07) is 6.24. The first-order valence-corrected chi connectivity index (χ1v) is 10.1. The topological polar surface area (TPSA) is 77.6 Å². The van der Waals surface area contributed by atoms with Crippen LogP contribution in [0.3, 0.4) is 0 Å². The molecule has 0 aromatic carbocycles. The normalized spacial score (nSPS) is 16.4. The lowest BCUT2D eigenvalue weighted by molar-refractivity contribution is -0.141. The summed E-state index contributed by atoms with van der Waals surface area (Å²) in [5.41, 5.74) is 2.28. The van der Waals surface area contributed by atoms with Gasteiger partial charge in [-0.3, -0.25) is 19.1 Å². The Morgan fingerprint density at radius 1 is 1.23 bits per heavy atom. The van der Waals surface area contributed by atoms with Crippen molar-refractivity contribution in [2.75, 3.05) is 0 Å². The van der Waals surface area contributed by atoms with Gasteiger partial charge in [0, 0.05) is 37.1 Å². The Balaban J connectivity index is 1.59. The predicted molar refractivity (Wildman–Crippen MR) is 107 cm³/mol. The molecule has 31 heavy (non-hydrogen) atoms. The Morgan fingerprint density at radius 3 is 2.68 bits per heavy atom. The number of rotatable bonds is 4. The van der Waals surface area contributed by atoms with Crippen LogP contribution in [0.15, 0.2) is 30.5 Å². The molecule has 0 saturated carbocycles. The molecular formula is C21H23F3N6O. The van der Waals surface area contributed by atoms with Crippen LogP contribution < -0.4 is 5.32 Å². The van der Waals surface area contributed by atoms with E-state index in [4.69, 9.17) is 0 Å². The van der Waals surface area contributed by atoms with Crippen LogP contribution in [-0.2, 0) is 19.8 Å². The van der Waals surface area contributed by atoms with Gasteiger partial charge in [-0.25, -0.2) is 0 Å². The molecule has 4 heterocycles. The van der Waals surface area contributed by atoms with Crippen molar-refractivity contribution in [2.45, 2.75) is 51.4 Å². The Kier molecular flexibility index (Phi) is 5.32. The van der Waals surface area contributed by atoms with Crippen molar-refractivity contribution in [1.29, 1.82) is 0 Å². The van der Waals surface area contributed by atoms with E-state index in [1.54, 1.807) is 6.20 Å². The first kappa shape index (κ1) is 21.1. The van der Waals surface area contributed by atoms with Gasteiger partial charge in [0.15, 0.2) is 5.69 Å². The average Bonchev–Trinajstić information content (AvgIpc) is 3.32. The molecule has 10 heteroatoms. The molecule has 0 radical (unpaired) electrons. The van der Waals surface area contributed by atoms with Gasteiger partial charge in [-0.2, -0.15) is 23.4 Å². The maximum atomic E-state index is 12.9. The zero-order valence-electron chi connectivity index (χ0n) is 17.4. The molecule has 0 saturated heterocycles. The second kappa shape index (κ2) is 7.82. The molecule has 0 bridgehead atoms. The summed E-state index contributed by atoms with van der Waals surface area (Å²) in [6.45, 7) is 4.85. The number of aryl methyl sites for hydroxylation is 2. The number of aromatic nitrogens is 5. The SMILES string of the molecule is CC(C)c1cc(-c2cc3n(n2)CCC[C@@H]3NC(=O)c2cc(C(F)(F)F)nn2C)ccn1. The summed E-state index contributed by atoms with van der Waals surface area (Å²) in [7, 11) is 1.32. The van der Waals surface area contributed by atoms with Crippen molar-refractivity contribution in [3.8, 4) is 11.3 Å². The monoisotopic (exact) mass is 432 g/mol. The minimum Gasteiger partial charge on any atom is -0.342 e. The molecule has 1 N–H and O–H groups in total. The number of nitrogens with zero attached hydrogens (tertiary/aromatic N) is 5. The number of pyridine rings is 1. The Labute approximate surface area is 177 Å². The van der Waals surface area contributed by atoms with E-state index in [0.29, 0.717) is 13.0 Å². The highest BCUT2D eigenvalue weighted by molar-refractivity contribution is 5.93. The fourth-order valence-corrected chi connectivity index (χ4v) is 3.74.